The molecule has 94 valence electrons. The van der Waals surface area contributed by atoms with Gasteiger partial charge in [0, 0.05) is 6.54 Å². The lowest BCUT2D eigenvalue weighted by atomic mass is 10.1. The number of benzene rings is 2. The molecule has 0 fully saturated rings. The van der Waals surface area contributed by atoms with E-state index in [1.807, 2.05) is 13.0 Å². The zero-order valence-electron chi connectivity index (χ0n) is 9.81. The topological polar surface area (TPSA) is 12.0 Å². The van der Waals surface area contributed by atoms with Crippen LogP contribution in [0.1, 0.15) is 11.1 Å². The summed E-state index contributed by atoms with van der Waals surface area (Å²) in [6.07, 6.45) is 0. The Labute approximate surface area is 113 Å². The van der Waals surface area contributed by atoms with Crippen LogP contribution in [0.15, 0.2) is 40.9 Å². The average Bonchev–Trinajstić information content (AvgIpc) is 2.33. The van der Waals surface area contributed by atoms with Gasteiger partial charge in [-0.05, 0) is 52.2 Å². The fourth-order valence-corrected chi connectivity index (χ4v) is 2.12. The molecule has 0 unspecified atom stereocenters. The third-order valence-corrected chi connectivity index (χ3v) is 3.28. The predicted molar refractivity (Wildman–Crippen MR) is 72.6 cm³/mol. The molecule has 0 amide bonds. The number of para-hydroxylation sites is 1. The molecule has 0 aliphatic rings. The van der Waals surface area contributed by atoms with Gasteiger partial charge in [0.25, 0.3) is 0 Å². The molecular weight excluding hydrogens is 300 g/mol. The van der Waals surface area contributed by atoms with E-state index in [2.05, 4.69) is 21.2 Å². The summed E-state index contributed by atoms with van der Waals surface area (Å²) in [7, 11) is 0. The molecule has 0 radical (unpaired) electrons. The molecular formula is C14H12BrF2N. The van der Waals surface area contributed by atoms with E-state index in [1.54, 1.807) is 18.2 Å². The highest BCUT2D eigenvalue weighted by Gasteiger charge is 2.05. The Morgan fingerprint density at radius 3 is 2.56 bits per heavy atom. The van der Waals surface area contributed by atoms with Gasteiger partial charge in [-0.2, -0.15) is 0 Å². The van der Waals surface area contributed by atoms with Crippen molar-refractivity contribution in [2.24, 2.45) is 0 Å². The van der Waals surface area contributed by atoms with Crippen molar-refractivity contribution in [2.75, 3.05) is 5.32 Å². The van der Waals surface area contributed by atoms with Gasteiger partial charge in [-0.3, -0.25) is 0 Å². The van der Waals surface area contributed by atoms with Crippen molar-refractivity contribution < 1.29 is 8.78 Å². The van der Waals surface area contributed by atoms with E-state index in [-0.39, 0.29) is 11.6 Å². The number of rotatable bonds is 3. The Bertz CT molecular complexity index is 549. The van der Waals surface area contributed by atoms with Crippen molar-refractivity contribution in [1.82, 2.24) is 0 Å². The lowest BCUT2D eigenvalue weighted by molar-refractivity contribution is 0.620. The van der Waals surface area contributed by atoms with Gasteiger partial charge in [-0.25, -0.2) is 8.78 Å². The van der Waals surface area contributed by atoms with E-state index in [9.17, 15) is 8.78 Å². The van der Waals surface area contributed by atoms with E-state index >= 15 is 0 Å². The molecule has 4 heteroatoms. The maximum atomic E-state index is 13.6. The quantitative estimate of drug-likeness (QED) is 0.870. The predicted octanol–water partition coefficient (Wildman–Crippen LogP) is 4.65. The minimum atomic E-state index is -0.305. The maximum absolute atomic E-state index is 13.6. The van der Waals surface area contributed by atoms with Crippen LogP contribution in [0.3, 0.4) is 0 Å². The number of hydrogen-bond acceptors (Lipinski definition) is 1. The molecule has 2 aromatic rings. The largest absolute Gasteiger partial charge is 0.378 e. The summed E-state index contributed by atoms with van der Waals surface area (Å²) in [5.41, 5.74) is 2.21. The normalized spacial score (nSPS) is 10.4. The first-order valence-corrected chi connectivity index (χ1v) is 6.30. The highest BCUT2D eigenvalue weighted by Crippen LogP contribution is 2.21. The first-order valence-electron chi connectivity index (χ1n) is 5.51. The highest BCUT2D eigenvalue weighted by molar-refractivity contribution is 9.10. The van der Waals surface area contributed by atoms with Gasteiger partial charge >= 0.3 is 0 Å². The van der Waals surface area contributed by atoms with Gasteiger partial charge in [-0.1, -0.05) is 18.2 Å². The molecule has 2 aromatic carbocycles. The first kappa shape index (κ1) is 13.0. The fraction of sp³-hybridized carbons (Fsp3) is 0.143. The Balaban J connectivity index is 2.14. The smallest absolute Gasteiger partial charge is 0.146 e. The summed E-state index contributed by atoms with van der Waals surface area (Å²) in [6, 6.07) is 9.66. The van der Waals surface area contributed by atoms with Gasteiger partial charge in [0.2, 0.25) is 0 Å². The third kappa shape index (κ3) is 2.88. The van der Waals surface area contributed by atoms with Crippen molar-refractivity contribution in [2.45, 2.75) is 13.5 Å². The second kappa shape index (κ2) is 5.48. The fourth-order valence-electron chi connectivity index (χ4n) is 1.70. The Morgan fingerprint density at radius 2 is 1.89 bits per heavy atom. The summed E-state index contributed by atoms with van der Waals surface area (Å²) in [5.74, 6) is -0.586. The first-order chi connectivity index (χ1) is 8.58. The molecule has 2 rings (SSSR count). The van der Waals surface area contributed by atoms with Crippen LogP contribution in [0.5, 0.6) is 0 Å². The summed E-state index contributed by atoms with van der Waals surface area (Å²) in [5, 5.41) is 3.03. The Morgan fingerprint density at radius 1 is 1.11 bits per heavy atom. The van der Waals surface area contributed by atoms with Crippen molar-refractivity contribution in [3.63, 3.8) is 0 Å². The minimum Gasteiger partial charge on any atom is -0.378 e. The van der Waals surface area contributed by atoms with Crippen molar-refractivity contribution in [3.8, 4) is 0 Å². The zero-order chi connectivity index (χ0) is 13.1. The summed E-state index contributed by atoms with van der Waals surface area (Å²) >= 11 is 3.12. The molecule has 1 nitrogen and oxygen atoms in total. The molecule has 0 aliphatic heterocycles. The van der Waals surface area contributed by atoms with Crippen molar-refractivity contribution in [3.05, 3.63) is 63.6 Å². The van der Waals surface area contributed by atoms with Gasteiger partial charge < -0.3 is 5.32 Å². The van der Waals surface area contributed by atoms with E-state index in [1.165, 1.54) is 12.1 Å². The van der Waals surface area contributed by atoms with E-state index in [4.69, 9.17) is 0 Å². The maximum Gasteiger partial charge on any atom is 0.146 e. The van der Waals surface area contributed by atoms with Crippen LogP contribution in [0.25, 0.3) is 0 Å². The molecule has 18 heavy (non-hydrogen) atoms. The van der Waals surface area contributed by atoms with Gasteiger partial charge in [0.05, 0.1) is 10.2 Å². The number of aryl methyl sites for hydroxylation is 1. The van der Waals surface area contributed by atoms with Crippen LogP contribution in [-0.4, -0.2) is 0 Å². The second-order valence-electron chi connectivity index (χ2n) is 4.03. The van der Waals surface area contributed by atoms with Crippen LogP contribution in [0, 0.1) is 18.6 Å². The van der Waals surface area contributed by atoms with Crippen LogP contribution < -0.4 is 5.32 Å². The average molecular weight is 312 g/mol. The van der Waals surface area contributed by atoms with Crippen LogP contribution in [0.4, 0.5) is 14.5 Å². The van der Waals surface area contributed by atoms with Crippen LogP contribution in [0.2, 0.25) is 0 Å². The van der Waals surface area contributed by atoms with E-state index in [0.29, 0.717) is 16.7 Å². The molecule has 0 heterocycles. The van der Waals surface area contributed by atoms with Gasteiger partial charge in [-0.15, -0.1) is 0 Å². The Kier molecular flexibility index (Phi) is 3.97. The lowest BCUT2D eigenvalue weighted by Gasteiger charge is -2.11. The van der Waals surface area contributed by atoms with Gasteiger partial charge in [0.15, 0.2) is 0 Å². The van der Waals surface area contributed by atoms with E-state index in [0.717, 1.165) is 11.1 Å². The third-order valence-electron chi connectivity index (χ3n) is 2.68. The van der Waals surface area contributed by atoms with Crippen LogP contribution in [-0.2, 0) is 6.54 Å². The number of halogens is 3. The molecule has 0 bridgehead atoms. The van der Waals surface area contributed by atoms with Crippen molar-refractivity contribution in [1.29, 1.82) is 0 Å². The molecule has 1 N–H and O–H groups in total. The van der Waals surface area contributed by atoms with Crippen molar-refractivity contribution >= 4 is 21.6 Å². The molecule has 0 spiro atoms. The number of hydrogen-bond donors (Lipinski definition) is 1. The summed E-state index contributed by atoms with van der Waals surface area (Å²) in [6.45, 7) is 2.28. The molecule has 0 atom stereocenters. The Hall–Kier alpha value is -1.42. The van der Waals surface area contributed by atoms with E-state index < -0.39 is 0 Å². The number of nitrogens with one attached hydrogen (secondary N) is 1. The number of anilines is 1. The lowest BCUT2D eigenvalue weighted by Crippen LogP contribution is -2.03. The molecule has 0 saturated heterocycles. The standard InChI is InChI=1S/C14H12BrF2N/c1-9-3-2-4-13(17)14(9)18-8-10-5-6-12(16)11(15)7-10/h2-7,18H,8H2,1H3. The molecule has 0 aromatic heterocycles. The molecule has 0 aliphatic carbocycles. The molecule has 0 saturated carbocycles. The zero-order valence-corrected chi connectivity index (χ0v) is 11.4. The second-order valence-corrected chi connectivity index (χ2v) is 4.89. The monoisotopic (exact) mass is 311 g/mol. The summed E-state index contributed by atoms with van der Waals surface area (Å²) < 4.78 is 27.0. The highest BCUT2D eigenvalue weighted by atomic mass is 79.9. The van der Waals surface area contributed by atoms with Crippen LogP contribution >= 0.6 is 15.9 Å². The SMILES string of the molecule is Cc1cccc(F)c1NCc1ccc(F)c(Br)c1. The van der Waals surface area contributed by atoms with Gasteiger partial charge in [0.1, 0.15) is 11.6 Å². The minimum absolute atomic E-state index is 0.281. The summed E-state index contributed by atoms with van der Waals surface area (Å²) in [4.78, 5) is 0.